The maximum Gasteiger partial charge on any atom is 0.154 e. The Bertz CT molecular complexity index is 600. The minimum Gasteiger partial charge on any atom is -0.256 e. The van der Waals surface area contributed by atoms with E-state index in [0.29, 0.717) is 0 Å². The molecule has 3 nitrogen and oxygen atoms in total. The third-order valence-corrected chi connectivity index (χ3v) is 4.19. The van der Waals surface area contributed by atoms with Crippen molar-refractivity contribution >= 4 is 20.7 Å². The van der Waals surface area contributed by atoms with E-state index in [2.05, 4.69) is 4.98 Å². The zero-order valence-corrected chi connectivity index (χ0v) is 9.87. The number of pyridine rings is 1. The van der Waals surface area contributed by atoms with Gasteiger partial charge in [0.05, 0.1) is 11.3 Å². The topological polar surface area (TPSA) is 47.0 Å². The molecule has 0 saturated carbocycles. The average Bonchev–Trinajstić information content (AvgIpc) is 2.29. The highest BCUT2D eigenvalue weighted by atomic mass is 32.2. The van der Waals surface area contributed by atoms with Crippen molar-refractivity contribution in [2.45, 2.75) is 12.7 Å². The van der Waals surface area contributed by atoms with Gasteiger partial charge in [0.25, 0.3) is 0 Å². The van der Waals surface area contributed by atoms with Crippen LogP contribution in [-0.4, -0.2) is 19.2 Å². The quantitative estimate of drug-likeness (QED) is 0.819. The first-order chi connectivity index (χ1) is 7.62. The Morgan fingerprint density at radius 3 is 2.69 bits per heavy atom. The van der Waals surface area contributed by atoms with Crippen LogP contribution in [0.1, 0.15) is 12.5 Å². The number of para-hydroxylation sites is 1. The van der Waals surface area contributed by atoms with Crippen molar-refractivity contribution in [2.75, 3.05) is 5.75 Å². The van der Waals surface area contributed by atoms with Crippen molar-refractivity contribution < 1.29 is 8.42 Å². The molecule has 16 heavy (non-hydrogen) atoms. The monoisotopic (exact) mass is 235 g/mol. The Hall–Kier alpha value is -1.42. The number of sulfone groups is 1. The Morgan fingerprint density at radius 2 is 1.94 bits per heavy atom. The van der Waals surface area contributed by atoms with E-state index in [1.807, 2.05) is 24.3 Å². The summed E-state index contributed by atoms with van der Waals surface area (Å²) >= 11 is 0. The SMILES string of the molecule is CCS(=O)(=O)Cc1ccnc2ccccc12. The second-order valence-corrected chi connectivity index (χ2v) is 6.02. The summed E-state index contributed by atoms with van der Waals surface area (Å²) in [6.07, 6.45) is 1.66. The van der Waals surface area contributed by atoms with Crippen molar-refractivity contribution in [3.8, 4) is 0 Å². The predicted octanol–water partition coefficient (Wildman–Crippen LogP) is 2.17. The molecule has 0 atom stereocenters. The Kier molecular flexibility index (Phi) is 2.92. The van der Waals surface area contributed by atoms with Gasteiger partial charge in [-0.15, -0.1) is 0 Å². The molecule has 0 aliphatic carbocycles. The fraction of sp³-hybridized carbons (Fsp3) is 0.250. The van der Waals surface area contributed by atoms with Gasteiger partial charge in [0.15, 0.2) is 9.84 Å². The van der Waals surface area contributed by atoms with E-state index in [0.717, 1.165) is 16.5 Å². The van der Waals surface area contributed by atoms with E-state index in [1.165, 1.54) is 0 Å². The van der Waals surface area contributed by atoms with Gasteiger partial charge in [0, 0.05) is 17.3 Å². The normalized spacial score (nSPS) is 11.8. The summed E-state index contributed by atoms with van der Waals surface area (Å²) in [7, 11) is -2.99. The molecule has 0 bridgehead atoms. The number of hydrogen-bond acceptors (Lipinski definition) is 3. The maximum atomic E-state index is 11.6. The number of aromatic nitrogens is 1. The van der Waals surface area contributed by atoms with Crippen molar-refractivity contribution in [1.82, 2.24) is 4.98 Å². The van der Waals surface area contributed by atoms with Crippen LogP contribution in [0, 0.1) is 0 Å². The first-order valence-electron chi connectivity index (χ1n) is 5.15. The van der Waals surface area contributed by atoms with Gasteiger partial charge in [-0.2, -0.15) is 0 Å². The third-order valence-electron chi connectivity index (χ3n) is 2.55. The van der Waals surface area contributed by atoms with Crippen LogP contribution in [0.3, 0.4) is 0 Å². The Balaban J connectivity index is 2.53. The van der Waals surface area contributed by atoms with Crippen LogP contribution in [0.25, 0.3) is 10.9 Å². The number of hydrogen-bond donors (Lipinski definition) is 0. The minimum atomic E-state index is -2.99. The molecule has 0 amide bonds. The van der Waals surface area contributed by atoms with Crippen LogP contribution < -0.4 is 0 Å². The van der Waals surface area contributed by atoms with Crippen molar-refractivity contribution in [2.24, 2.45) is 0 Å². The predicted molar refractivity (Wildman–Crippen MR) is 64.9 cm³/mol. The molecule has 0 unspecified atom stereocenters. The molecular formula is C12H13NO2S. The first-order valence-corrected chi connectivity index (χ1v) is 6.97. The molecule has 1 aromatic carbocycles. The van der Waals surface area contributed by atoms with Gasteiger partial charge in [-0.3, -0.25) is 4.98 Å². The van der Waals surface area contributed by atoms with E-state index in [1.54, 1.807) is 19.2 Å². The van der Waals surface area contributed by atoms with Gasteiger partial charge in [-0.25, -0.2) is 8.42 Å². The van der Waals surface area contributed by atoms with Gasteiger partial charge >= 0.3 is 0 Å². The zero-order valence-electron chi connectivity index (χ0n) is 9.05. The van der Waals surface area contributed by atoms with E-state index >= 15 is 0 Å². The highest BCUT2D eigenvalue weighted by Crippen LogP contribution is 2.18. The lowest BCUT2D eigenvalue weighted by molar-refractivity contribution is 0.596. The van der Waals surface area contributed by atoms with Crippen LogP contribution in [0.4, 0.5) is 0 Å². The lowest BCUT2D eigenvalue weighted by atomic mass is 10.1. The van der Waals surface area contributed by atoms with Gasteiger partial charge in [0.1, 0.15) is 0 Å². The molecule has 2 rings (SSSR count). The van der Waals surface area contributed by atoms with E-state index in [4.69, 9.17) is 0 Å². The highest BCUT2D eigenvalue weighted by Gasteiger charge is 2.11. The average molecular weight is 235 g/mol. The lowest BCUT2D eigenvalue weighted by Gasteiger charge is -2.05. The molecule has 0 radical (unpaired) electrons. The standard InChI is InChI=1S/C12H13NO2S/c1-2-16(14,15)9-10-7-8-13-12-6-4-3-5-11(10)12/h3-8H,2,9H2,1H3. The minimum absolute atomic E-state index is 0.0898. The van der Waals surface area contributed by atoms with Crippen LogP contribution in [0.15, 0.2) is 36.5 Å². The molecule has 0 saturated heterocycles. The van der Waals surface area contributed by atoms with Gasteiger partial charge in [0.2, 0.25) is 0 Å². The largest absolute Gasteiger partial charge is 0.256 e. The summed E-state index contributed by atoms with van der Waals surface area (Å²) in [5, 5.41) is 0.919. The van der Waals surface area contributed by atoms with Crippen LogP contribution in [0.5, 0.6) is 0 Å². The van der Waals surface area contributed by atoms with E-state index < -0.39 is 9.84 Å². The van der Waals surface area contributed by atoms with E-state index in [9.17, 15) is 8.42 Å². The van der Waals surface area contributed by atoms with Gasteiger partial charge < -0.3 is 0 Å². The molecule has 0 N–H and O–H groups in total. The molecular weight excluding hydrogens is 222 g/mol. The molecule has 0 aliphatic rings. The van der Waals surface area contributed by atoms with Crippen molar-refractivity contribution in [3.05, 3.63) is 42.1 Å². The number of rotatable bonds is 3. The summed E-state index contributed by atoms with van der Waals surface area (Å²) in [5.74, 6) is 0.260. The van der Waals surface area contributed by atoms with Crippen molar-refractivity contribution in [3.63, 3.8) is 0 Å². The van der Waals surface area contributed by atoms with Gasteiger partial charge in [-0.05, 0) is 17.7 Å². The number of fused-ring (bicyclic) bond motifs is 1. The van der Waals surface area contributed by atoms with Crippen molar-refractivity contribution in [1.29, 1.82) is 0 Å². The Labute approximate surface area is 95.1 Å². The van der Waals surface area contributed by atoms with Gasteiger partial charge in [-0.1, -0.05) is 25.1 Å². The fourth-order valence-corrected chi connectivity index (χ4v) is 2.55. The molecule has 84 valence electrons. The fourth-order valence-electron chi connectivity index (χ4n) is 1.62. The molecule has 4 heteroatoms. The van der Waals surface area contributed by atoms with E-state index in [-0.39, 0.29) is 11.5 Å². The third kappa shape index (κ3) is 2.22. The summed E-state index contributed by atoms with van der Waals surface area (Å²) < 4.78 is 23.2. The molecule has 2 aromatic rings. The lowest BCUT2D eigenvalue weighted by Crippen LogP contribution is -2.07. The second-order valence-electron chi connectivity index (χ2n) is 3.66. The zero-order chi connectivity index (χ0) is 11.6. The summed E-state index contributed by atoms with van der Waals surface area (Å²) in [5.41, 5.74) is 1.67. The van der Waals surface area contributed by atoms with Crippen LogP contribution in [-0.2, 0) is 15.6 Å². The highest BCUT2D eigenvalue weighted by molar-refractivity contribution is 7.90. The summed E-state index contributed by atoms with van der Waals surface area (Å²) in [4.78, 5) is 4.20. The first kappa shape index (κ1) is 11.1. The number of benzene rings is 1. The van der Waals surface area contributed by atoms with Crippen LogP contribution >= 0.6 is 0 Å². The summed E-state index contributed by atoms with van der Waals surface area (Å²) in [6.45, 7) is 1.67. The molecule has 0 fully saturated rings. The van der Waals surface area contributed by atoms with Crippen LogP contribution in [0.2, 0.25) is 0 Å². The molecule has 1 aromatic heterocycles. The molecule has 0 aliphatic heterocycles. The number of nitrogens with zero attached hydrogens (tertiary/aromatic N) is 1. The molecule has 0 spiro atoms. The molecule has 1 heterocycles. The second kappa shape index (κ2) is 4.22. The summed E-state index contributed by atoms with van der Waals surface area (Å²) in [6, 6.07) is 9.36. The smallest absolute Gasteiger partial charge is 0.154 e. The maximum absolute atomic E-state index is 11.6. The Morgan fingerprint density at radius 1 is 1.19 bits per heavy atom.